The van der Waals surface area contributed by atoms with Gasteiger partial charge in [-0.1, -0.05) is 51.1 Å². The summed E-state index contributed by atoms with van der Waals surface area (Å²) in [5.41, 5.74) is 3.48. The zero-order valence-electron chi connectivity index (χ0n) is 35.1. The molecule has 0 saturated carbocycles. The van der Waals surface area contributed by atoms with Crippen molar-refractivity contribution in [2.75, 3.05) is 62.3 Å². The Morgan fingerprint density at radius 2 is 1.46 bits per heavy atom. The van der Waals surface area contributed by atoms with Gasteiger partial charge in [-0.05, 0) is 65.4 Å². The number of amides is 2. The molecule has 15 nitrogen and oxygen atoms in total. The number of aliphatic carboxylic acids is 1. The Morgan fingerprint density at radius 1 is 0.754 bits per heavy atom. The van der Waals surface area contributed by atoms with Crippen molar-refractivity contribution in [2.24, 2.45) is 0 Å². The lowest BCUT2D eigenvalue weighted by Crippen LogP contribution is -2.22. The molecule has 0 aliphatic rings. The van der Waals surface area contributed by atoms with Crippen LogP contribution in [-0.2, 0) is 36.1 Å². The van der Waals surface area contributed by atoms with Crippen molar-refractivity contribution in [3.63, 3.8) is 0 Å². The van der Waals surface area contributed by atoms with Crippen molar-refractivity contribution >= 4 is 55.6 Å². The maximum atomic E-state index is 13.5. The molecule has 0 saturated heterocycles. The summed E-state index contributed by atoms with van der Waals surface area (Å²) in [6.07, 6.45) is 3.87. The van der Waals surface area contributed by atoms with Gasteiger partial charge in [0.25, 0.3) is 0 Å². The van der Waals surface area contributed by atoms with Crippen molar-refractivity contribution in [1.82, 2.24) is 4.98 Å². The van der Waals surface area contributed by atoms with E-state index in [9.17, 15) is 22.8 Å². The lowest BCUT2D eigenvalue weighted by atomic mass is 9.86. The highest BCUT2D eigenvalue weighted by Gasteiger charge is 2.23. The number of nitrogens with one attached hydrogen (secondary N) is 3. The van der Waals surface area contributed by atoms with Crippen molar-refractivity contribution in [3.8, 4) is 23.0 Å². The maximum Gasteiger partial charge on any atom is 0.323 e. The van der Waals surface area contributed by atoms with Crippen LogP contribution < -0.4 is 29.6 Å². The van der Waals surface area contributed by atoms with E-state index in [0.717, 1.165) is 28.5 Å². The highest BCUT2D eigenvalue weighted by molar-refractivity contribution is 7.92. The number of carbonyl (C=O) groups excluding carboxylic acids is 2. The second kappa shape index (κ2) is 20.8. The molecule has 16 heteroatoms. The molecule has 0 aliphatic carbocycles. The minimum absolute atomic E-state index is 0.0584. The number of carboxylic acid groups (broad SMARTS) is 1. The second-order valence-corrected chi connectivity index (χ2v) is 16.9. The predicted molar refractivity (Wildman–Crippen MR) is 234 cm³/mol. The maximum absolute atomic E-state index is 13.5. The smallest absolute Gasteiger partial charge is 0.323 e. The first-order valence-corrected chi connectivity index (χ1v) is 21.4. The van der Waals surface area contributed by atoms with E-state index in [0.29, 0.717) is 59.9 Å². The Morgan fingerprint density at radius 3 is 2.15 bits per heavy atom. The molecule has 1 heterocycles. The zero-order valence-corrected chi connectivity index (χ0v) is 35.9. The number of Topliss-reactive ketones (excluding diaryl/α,β-unsaturated/α-hetero) is 1. The Labute approximate surface area is 355 Å². The van der Waals surface area contributed by atoms with Gasteiger partial charge < -0.3 is 39.4 Å². The van der Waals surface area contributed by atoms with E-state index >= 15 is 0 Å². The first kappa shape index (κ1) is 45.8. The molecule has 0 spiro atoms. The number of hydrogen-bond acceptors (Lipinski definition) is 11. The largest absolute Gasteiger partial charge is 0.496 e. The first-order valence-electron chi connectivity index (χ1n) is 19.5. The van der Waals surface area contributed by atoms with Crippen LogP contribution in [0.3, 0.4) is 0 Å². The van der Waals surface area contributed by atoms with Crippen molar-refractivity contribution in [3.05, 3.63) is 107 Å². The van der Waals surface area contributed by atoms with Crippen LogP contribution in [0.5, 0.6) is 23.0 Å². The molecule has 324 valence electrons. The lowest BCUT2D eigenvalue weighted by Gasteiger charge is -2.24. The topological polar surface area (TPSA) is 201 Å². The average molecular weight is 857 g/mol. The normalized spacial score (nSPS) is 11.5. The minimum atomic E-state index is -3.65. The first-order chi connectivity index (χ1) is 29.0. The number of sulfonamides is 1. The molecular formula is C45H52N4O11S. The van der Waals surface area contributed by atoms with Gasteiger partial charge in [0.1, 0.15) is 17.2 Å². The van der Waals surface area contributed by atoms with E-state index in [1.165, 1.54) is 14.2 Å². The summed E-state index contributed by atoms with van der Waals surface area (Å²) in [5.74, 6) is 0.732. The summed E-state index contributed by atoms with van der Waals surface area (Å²) in [7, 11) is -0.729. The quantitative estimate of drug-likeness (QED) is 0.0406. The van der Waals surface area contributed by atoms with E-state index in [-0.39, 0.29) is 54.4 Å². The number of hydrogen-bond donors (Lipinski definition) is 4. The SMILES string of the molecule is COc1cc(Cc2cc(Oc3ccc(NC(=O)Nc4cc(C(C)(C)C)cc(NS(C)(=O)=O)c4OC)c4ccccc34)ccn2)ccc1C(=O)CCCOCCOCCC(=O)O. The molecule has 61 heavy (non-hydrogen) atoms. The van der Waals surface area contributed by atoms with Gasteiger partial charge in [0, 0.05) is 48.2 Å². The van der Waals surface area contributed by atoms with E-state index in [2.05, 4.69) is 20.3 Å². The van der Waals surface area contributed by atoms with E-state index in [1.807, 2.05) is 63.2 Å². The summed E-state index contributed by atoms with van der Waals surface area (Å²) < 4.78 is 55.1. The van der Waals surface area contributed by atoms with Gasteiger partial charge in [-0.25, -0.2) is 13.2 Å². The number of pyridine rings is 1. The van der Waals surface area contributed by atoms with Gasteiger partial charge in [-0.2, -0.15) is 0 Å². The van der Waals surface area contributed by atoms with Crippen LogP contribution >= 0.6 is 0 Å². The molecule has 0 bridgehead atoms. The van der Waals surface area contributed by atoms with Crippen LogP contribution in [-0.4, -0.2) is 83.2 Å². The van der Waals surface area contributed by atoms with E-state index in [4.69, 9.17) is 28.8 Å². The predicted octanol–water partition coefficient (Wildman–Crippen LogP) is 8.42. The summed E-state index contributed by atoms with van der Waals surface area (Å²) >= 11 is 0. The van der Waals surface area contributed by atoms with Crippen LogP contribution in [0.1, 0.15) is 67.2 Å². The number of carboxylic acids is 1. The third-order valence-electron chi connectivity index (χ3n) is 9.33. The minimum Gasteiger partial charge on any atom is -0.496 e. The number of benzene rings is 4. The molecule has 0 fully saturated rings. The van der Waals surface area contributed by atoms with Crippen LogP contribution in [0.25, 0.3) is 10.8 Å². The summed E-state index contributed by atoms with van der Waals surface area (Å²) in [6.45, 7) is 7.03. The molecule has 0 radical (unpaired) electrons. The van der Waals surface area contributed by atoms with Crippen molar-refractivity contribution in [1.29, 1.82) is 0 Å². The number of urea groups is 1. The van der Waals surface area contributed by atoms with Gasteiger partial charge >= 0.3 is 12.0 Å². The van der Waals surface area contributed by atoms with Gasteiger partial charge in [0.15, 0.2) is 11.5 Å². The fourth-order valence-corrected chi connectivity index (χ4v) is 6.93. The Hall–Kier alpha value is -6.23. The van der Waals surface area contributed by atoms with Gasteiger partial charge in [-0.3, -0.25) is 19.3 Å². The van der Waals surface area contributed by atoms with E-state index < -0.39 is 22.0 Å². The number of nitrogens with zero attached hydrogens (tertiary/aromatic N) is 1. The molecule has 0 atom stereocenters. The monoisotopic (exact) mass is 856 g/mol. The molecule has 4 aromatic carbocycles. The Balaban J connectivity index is 1.24. The Kier molecular flexibility index (Phi) is 15.7. The average Bonchev–Trinajstić information content (AvgIpc) is 3.20. The number of fused-ring (bicyclic) bond motifs is 1. The molecule has 0 aliphatic heterocycles. The fourth-order valence-electron chi connectivity index (χ4n) is 6.37. The van der Waals surface area contributed by atoms with Gasteiger partial charge in [0.2, 0.25) is 10.0 Å². The lowest BCUT2D eigenvalue weighted by molar-refractivity contribution is -0.138. The molecule has 0 unspecified atom stereocenters. The second-order valence-electron chi connectivity index (χ2n) is 15.2. The van der Waals surface area contributed by atoms with Gasteiger partial charge in [-0.15, -0.1) is 0 Å². The third-order valence-corrected chi connectivity index (χ3v) is 9.92. The van der Waals surface area contributed by atoms with Crippen LogP contribution in [0.2, 0.25) is 0 Å². The fraction of sp³-hybridized carbons (Fsp3) is 0.333. The standard InChI is InChI=1S/C45H52N4O11S/c1-45(2,3)30-26-37(43(57-5)38(27-30)49-61(6,54)55)48-44(53)47-36-15-16-40(34-11-8-7-10-33(34)36)60-32-17-19-46-31(28-32)24-29-13-14-35(41(25-29)56-4)39(50)12-9-20-58-22-23-59-21-18-42(51)52/h7-8,10-11,13-17,19,25-28,49H,9,12,18,20-24H2,1-6H3,(H,51,52)(H2,47,48,53). The summed E-state index contributed by atoms with van der Waals surface area (Å²) in [6, 6.07) is 22.9. The summed E-state index contributed by atoms with van der Waals surface area (Å²) in [4.78, 5) is 41.6. The number of aromatic nitrogens is 1. The third kappa shape index (κ3) is 13.4. The molecule has 5 aromatic rings. The molecule has 2 amide bonds. The van der Waals surface area contributed by atoms with Crippen molar-refractivity contribution in [2.45, 2.75) is 51.9 Å². The number of ether oxygens (including phenoxy) is 5. The number of carbonyl (C=O) groups is 3. The number of ketones is 1. The molecule has 5 rings (SSSR count). The van der Waals surface area contributed by atoms with E-state index in [1.54, 1.807) is 42.6 Å². The molecule has 1 aromatic heterocycles. The number of methoxy groups -OCH3 is 2. The number of rotatable bonds is 21. The highest BCUT2D eigenvalue weighted by Crippen LogP contribution is 2.40. The van der Waals surface area contributed by atoms with Crippen LogP contribution in [0, 0.1) is 0 Å². The van der Waals surface area contributed by atoms with Crippen LogP contribution in [0.4, 0.5) is 21.9 Å². The Bertz CT molecular complexity index is 2470. The molecular weight excluding hydrogens is 805 g/mol. The summed E-state index contributed by atoms with van der Waals surface area (Å²) in [5, 5.41) is 15.9. The van der Waals surface area contributed by atoms with Crippen molar-refractivity contribution < 1.29 is 51.6 Å². The zero-order chi connectivity index (χ0) is 44.2. The van der Waals surface area contributed by atoms with Gasteiger partial charge in [0.05, 0.1) is 69.3 Å². The highest BCUT2D eigenvalue weighted by atomic mass is 32.2. The molecule has 4 N–H and O–H groups in total. The van der Waals surface area contributed by atoms with Crippen LogP contribution in [0.15, 0.2) is 85.1 Å². The number of anilines is 3.